The fourth-order valence-corrected chi connectivity index (χ4v) is 1.87. The second-order valence-electron chi connectivity index (χ2n) is 4.61. The lowest BCUT2D eigenvalue weighted by molar-refractivity contribution is -0.385. The van der Waals surface area contributed by atoms with Gasteiger partial charge in [0.1, 0.15) is 0 Å². The predicted octanol–water partition coefficient (Wildman–Crippen LogP) is 3.75. The maximum absolute atomic E-state index is 10.8. The molecule has 0 fully saturated rings. The normalized spacial score (nSPS) is 10.8. The Morgan fingerprint density at radius 3 is 2.38 bits per heavy atom. The molecule has 88 valence electrons. The van der Waals surface area contributed by atoms with Crippen LogP contribution in [-0.2, 0) is 12.8 Å². The van der Waals surface area contributed by atoms with Crippen LogP contribution in [0, 0.1) is 16.0 Å². The van der Waals surface area contributed by atoms with Crippen molar-refractivity contribution in [3.8, 4) is 0 Å². The van der Waals surface area contributed by atoms with Gasteiger partial charge in [0.2, 0.25) is 0 Å². The summed E-state index contributed by atoms with van der Waals surface area (Å²) >= 11 is 0. The van der Waals surface area contributed by atoms with Crippen LogP contribution in [0.4, 0.5) is 5.69 Å². The molecule has 0 aliphatic heterocycles. The summed E-state index contributed by atoms with van der Waals surface area (Å²) in [5.74, 6) is 0.525. The minimum atomic E-state index is -0.303. The molecule has 3 nitrogen and oxygen atoms in total. The van der Waals surface area contributed by atoms with Crippen LogP contribution < -0.4 is 0 Å². The van der Waals surface area contributed by atoms with Gasteiger partial charge in [-0.25, -0.2) is 0 Å². The number of non-ortho nitro benzene ring substituents is 1. The summed E-state index contributed by atoms with van der Waals surface area (Å²) < 4.78 is 0. The van der Waals surface area contributed by atoms with Gasteiger partial charge >= 0.3 is 0 Å². The molecule has 0 spiro atoms. The van der Waals surface area contributed by atoms with E-state index in [2.05, 4.69) is 26.8 Å². The summed E-state index contributed by atoms with van der Waals surface area (Å²) in [7, 11) is 0. The van der Waals surface area contributed by atoms with Gasteiger partial charge in [-0.2, -0.15) is 0 Å². The molecule has 1 aromatic rings. The summed E-state index contributed by atoms with van der Waals surface area (Å²) in [6, 6.07) is 5.48. The number of rotatable bonds is 5. The van der Waals surface area contributed by atoms with E-state index in [1.165, 1.54) is 0 Å². The first-order valence-electron chi connectivity index (χ1n) is 5.80. The maximum Gasteiger partial charge on any atom is 0.269 e. The number of hydrogen-bond acceptors (Lipinski definition) is 2. The molecule has 1 rings (SSSR count). The molecular formula is C13H19NO2. The Morgan fingerprint density at radius 2 is 1.88 bits per heavy atom. The Bertz CT molecular complexity index is 372. The number of nitrogens with zero attached hydrogens (tertiary/aromatic N) is 1. The van der Waals surface area contributed by atoms with E-state index in [0.717, 1.165) is 30.4 Å². The van der Waals surface area contributed by atoms with Crippen molar-refractivity contribution < 1.29 is 4.92 Å². The van der Waals surface area contributed by atoms with Crippen LogP contribution in [-0.4, -0.2) is 4.92 Å². The average Bonchev–Trinajstić information content (AvgIpc) is 2.16. The van der Waals surface area contributed by atoms with Gasteiger partial charge in [0, 0.05) is 12.1 Å². The van der Waals surface area contributed by atoms with Crippen LogP contribution in [0.25, 0.3) is 0 Å². The van der Waals surface area contributed by atoms with E-state index in [-0.39, 0.29) is 10.6 Å². The molecule has 0 atom stereocenters. The van der Waals surface area contributed by atoms with Crippen molar-refractivity contribution >= 4 is 5.69 Å². The van der Waals surface area contributed by atoms with Gasteiger partial charge in [-0.15, -0.1) is 0 Å². The third-order valence-electron chi connectivity index (χ3n) is 2.43. The summed E-state index contributed by atoms with van der Waals surface area (Å²) in [4.78, 5) is 10.5. The Hall–Kier alpha value is -1.38. The van der Waals surface area contributed by atoms with Crippen molar-refractivity contribution in [3.63, 3.8) is 0 Å². The molecule has 0 heterocycles. The average molecular weight is 221 g/mol. The molecule has 0 aliphatic carbocycles. The van der Waals surface area contributed by atoms with E-state index in [4.69, 9.17) is 0 Å². The van der Waals surface area contributed by atoms with Crippen LogP contribution in [0.1, 0.15) is 38.3 Å². The number of nitro benzene ring substituents is 1. The van der Waals surface area contributed by atoms with E-state index < -0.39 is 0 Å². The molecular weight excluding hydrogens is 202 g/mol. The lowest BCUT2D eigenvalue weighted by Gasteiger charge is -2.07. The molecule has 0 aliphatic rings. The van der Waals surface area contributed by atoms with Gasteiger partial charge in [-0.1, -0.05) is 33.3 Å². The highest BCUT2D eigenvalue weighted by Gasteiger charge is 2.10. The van der Waals surface area contributed by atoms with E-state index in [1.807, 2.05) is 0 Å². The molecule has 0 aromatic heterocycles. The molecule has 0 bridgehead atoms. The van der Waals surface area contributed by atoms with Crippen molar-refractivity contribution in [2.75, 3.05) is 0 Å². The molecule has 16 heavy (non-hydrogen) atoms. The first kappa shape index (κ1) is 12.7. The van der Waals surface area contributed by atoms with Gasteiger partial charge in [0.25, 0.3) is 5.69 Å². The standard InChI is InChI=1S/C13H19NO2/c1-4-5-11-7-12(6-10(2)3)9-13(8-11)14(15)16/h7-10H,4-6H2,1-3H3. The van der Waals surface area contributed by atoms with E-state index in [9.17, 15) is 10.1 Å². The molecule has 1 aromatic carbocycles. The third-order valence-corrected chi connectivity index (χ3v) is 2.43. The largest absolute Gasteiger partial charge is 0.269 e. The Morgan fingerprint density at radius 1 is 1.25 bits per heavy atom. The van der Waals surface area contributed by atoms with Crippen LogP contribution >= 0.6 is 0 Å². The third kappa shape index (κ3) is 3.65. The first-order chi connectivity index (χ1) is 7.52. The van der Waals surface area contributed by atoms with Crippen molar-refractivity contribution in [1.29, 1.82) is 0 Å². The van der Waals surface area contributed by atoms with Gasteiger partial charge in [0.15, 0.2) is 0 Å². The SMILES string of the molecule is CCCc1cc(CC(C)C)cc([N+](=O)[O-])c1. The zero-order valence-electron chi connectivity index (χ0n) is 10.2. The maximum atomic E-state index is 10.8. The zero-order valence-corrected chi connectivity index (χ0v) is 10.2. The highest BCUT2D eigenvalue weighted by atomic mass is 16.6. The molecule has 3 heteroatoms. The highest BCUT2D eigenvalue weighted by molar-refractivity contribution is 5.39. The molecule has 0 amide bonds. The quantitative estimate of drug-likeness (QED) is 0.561. The first-order valence-corrected chi connectivity index (χ1v) is 5.80. The van der Waals surface area contributed by atoms with Crippen molar-refractivity contribution in [2.24, 2.45) is 5.92 Å². The second kappa shape index (κ2) is 5.64. The summed E-state index contributed by atoms with van der Waals surface area (Å²) in [6.45, 7) is 6.33. The number of aryl methyl sites for hydroxylation is 1. The Balaban J connectivity index is 3.03. The summed E-state index contributed by atoms with van der Waals surface area (Å²) in [5, 5.41) is 10.8. The van der Waals surface area contributed by atoms with Gasteiger partial charge in [0.05, 0.1) is 4.92 Å². The lowest BCUT2D eigenvalue weighted by Crippen LogP contribution is -1.98. The predicted molar refractivity (Wildman–Crippen MR) is 65.6 cm³/mol. The van der Waals surface area contributed by atoms with Gasteiger partial charge in [-0.05, 0) is 29.9 Å². The van der Waals surface area contributed by atoms with Crippen molar-refractivity contribution in [1.82, 2.24) is 0 Å². The zero-order chi connectivity index (χ0) is 12.1. The lowest BCUT2D eigenvalue weighted by atomic mass is 9.99. The fraction of sp³-hybridized carbons (Fsp3) is 0.538. The molecule has 0 N–H and O–H groups in total. The van der Waals surface area contributed by atoms with Crippen molar-refractivity contribution in [2.45, 2.75) is 40.0 Å². The van der Waals surface area contributed by atoms with Gasteiger partial charge < -0.3 is 0 Å². The van der Waals surface area contributed by atoms with Crippen LogP contribution in [0.15, 0.2) is 18.2 Å². The number of hydrogen-bond donors (Lipinski definition) is 0. The topological polar surface area (TPSA) is 43.1 Å². The van der Waals surface area contributed by atoms with Crippen LogP contribution in [0.3, 0.4) is 0 Å². The summed E-state index contributed by atoms with van der Waals surface area (Å²) in [6.07, 6.45) is 2.83. The summed E-state index contributed by atoms with van der Waals surface area (Å²) in [5.41, 5.74) is 2.38. The monoisotopic (exact) mass is 221 g/mol. The van der Waals surface area contributed by atoms with Gasteiger partial charge in [-0.3, -0.25) is 10.1 Å². The second-order valence-corrected chi connectivity index (χ2v) is 4.61. The number of benzene rings is 1. The van der Waals surface area contributed by atoms with E-state index in [1.54, 1.807) is 12.1 Å². The van der Waals surface area contributed by atoms with Crippen molar-refractivity contribution in [3.05, 3.63) is 39.4 Å². The minimum absolute atomic E-state index is 0.224. The Kier molecular flexibility index (Phi) is 4.47. The molecule has 0 unspecified atom stereocenters. The van der Waals surface area contributed by atoms with Crippen LogP contribution in [0.5, 0.6) is 0 Å². The van der Waals surface area contributed by atoms with E-state index in [0.29, 0.717) is 5.92 Å². The number of nitro groups is 1. The minimum Gasteiger partial charge on any atom is -0.258 e. The van der Waals surface area contributed by atoms with E-state index >= 15 is 0 Å². The Labute approximate surface area is 96.6 Å². The highest BCUT2D eigenvalue weighted by Crippen LogP contribution is 2.20. The van der Waals surface area contributed by atoms with Crippen LogP contribution in [0.2, 0.25) is 0 Å². The smallest absolute Gasteiger partial charge is 0.258 e. The molecule has 0 saturated carbocycles. The fourth-order valence-electron chi connectivity index (χ4n) is 1.87. The molecule has 0 saturated heterocycles. The molecule has 0 radical (unpaired) electrons.